The maximum absolute atomic E-state index is 5.34. The first-order valence-electron chi connectivity index (χ1n) is 5.94. The van der Waals surface area contributed by atoms with Crippen LogP contribution in [0, 0.1) is 0 Å². The van der Waals surface area contributed by atoms with E-state index in [2.05, 4.69) is 29.1 Å². The van der Waals surface area contributed by atoms with E-state index in [1.54, 1.807) is 28.9 Å². The third kappa shape index (κ3) is 2.69. The average molecular weight is 291 g/mol. The Kier molecular flexibility index (Phi) is 3.35. The molecule has 0 aliphatic rings. The molecule has 0 saturated carbocycles. The number of hydrogen-bond acceptors (Lipinski definition) is 6. The summed E-state index contributed by atoms with van der Waals surface area (Å²) < 4.78 is 5.34. The van der Waals surface area contributed by atoms with E-state index in [0.29, 0.717) is 6.04 Å². The number of nitrogens with one attached hydrogen (secondary N) is 1. The molecule has 3 aromatic rings. The molecule has 19 heavy (non-hydrogen) atoms. The van der Waals surface area contributed by atoms with Crippen LogP contribution < -0.4 is 5.32 Å². The van der Waals surface area contributed by atoms with Gasteiger partial charge in [0.05, 0.1) is 16.8 Å². The molecule has 0 unspecified atom stereocenters. The standard InChI is InChI=1S/C13H13N3OS2/c1-8(2)15-13-16-9(7-18-13)11-6-14-12(19-11)10-4-3-5-17-10/h3-8H,1-2H3,(H,15,16). The molecular formula is C13H13N3OS2. The van der Waals surface area contributed by atoms with E-state index in [1.165, 1.54) is 0 Å². The number of hydrogen-bond donors (Lipinski definition) is 1. The lowest BCUT2D eigenvalue weighted by Crippen LogP contribution is -2.08. The van der Waals surface area contributed by atoms with Gasteiger partial charge in [-0.15, -0.1) is 22.7 Å². The third-order valence-electron chi connectivity index (χ3n) is 2.41. The number of rotatable bonds is 4. The lowest BCUT2D eigenvalue weighted by Gasteiger charge is -2.04. The van der Waals surface area contributed by atoms with Crippen LogP contribution in [0.2, 0.25) is 0 Å². The zero-order valence-corrected chi connectivity index (χ0v) is 12.2. The summed E-state index contributed by atoms with van der Waals surface area (Å²) in [5, 5.41) is 7.17. The molecule has 0 fully saturated rings. The van der Waals surface area contributed by atoms with Crippen LogP contribution in [-0.4, -0.2) is 16.0 Å². The number of nitrogens with zero attached hydrogens (tertiary/aromatic N) is 2. The summed E-state index contributed by atoms with van der Waals surface area (Å²) in [4.78, 5) is 9.99. The normalized spacial score (nSPS) is 11.1. The van der Waals surface area contributed by atoms with E-state index in [9.17, 15) is 0 Å². The van der Waals surface area contributed by atoms with Crippen molar-refractivity contribution in [3.63, 3.8) is 0 Å². The predicted octanol–water partition coefficient (Wildman–Crippen LogP) is 4.35. The maximum atomic E-state index is 5.34. The molecule has 0 amide bonds. The second-order valence-corrected chi connectivity index (χ2v) is 6.23. The molecule has 0 radical (unpaired) electrons. The molecule has 0 aliphatic carbocycles. The van der Waals surface area contributed by atoms with Gasteiger partial charge in [-0.25, -0.2) is 9.97 Å². The quantitative estimate of drug-likeness (QED) is 0.776. The highest BCUT2D eigenvalue weighted by Gasteiger charge is 2.11. The first-order valence-corrected chi connectivity index (χ1v) is 7.64. The average Bonchev–Trinajstić information content (AvgIpc) is 3.09. The Morgan fingerprint density at radius 2 is 2.26 bits per heavy atom. The Morgan fingerprint density at radius 1 is 1.37 bits per heavy atom. The molecule has 4 nitrogen and oxygen atoms in total. The van der Waals surface area contributed by atoms with E-state index in [4.69, 9.17) is 4.42 Å². The van der Waals surface area contributed by atoms with Crippen molar-refractivity contribution < 1.29 is 4.42 Å². The van der Waals surface area contributed by atoms with Crippen molar-refractivity contribution in [3.8, 4) is 21.3 Å². The van der Waals surface area contributed by atoms with E-state index >= 15 is 0 Å². The van der Waals surface area contributed by atoms with Gasteiger partial charge in [-0.05, 0) is 26.0 Å². The zero-order valence-electron chi connectivity index (χ0n) is 10.6. The summed E-state index contributed by atoms with van der Waals surface area (Å²) in [6, 6.07) is 4.17. The van der Waals surface area contributed by atoms with E-state index < -0.39 is 0 Å². The van der Waals surface area contributed by atoms with Crippen LogP contribution in [0.5, 0.6) is 0 Å². The highest BCUT2D eigenvalue weighted by Crippen LogP contribution is 2.33. The Balaban J connectivity index is 1.84. The fourth-order valence-electron chi connectivity index (χ4n) is 1.61. The molecule has 0 bridgehead atoms. The highest BCUT2D eigenvalue weighted by molar-refractivity contribution is 7.19. The second kappa shape index (κ2) is 5.14. The van der Waals surface area contributed by atoms with Crippen LogP contribution in [0.4, 0.5) is 5.13 Å². The van der Waals surface area contributed by atoms with Crippen molar-refractivity contribution in [2.24, 2.45) is 0 Å². The summed E-state index contributed by atoms with van der Waals surface area (Å²) in [5.41, 5.74) is 0.962. The molecule has 0 spiro atoms. The van der Waals surface area contributed by atoms with Gasteiger partial charge in [0.1, 0.15) is 0 Å². The molecule has 0 aromatic carbocycles. The Morgan fingerprint density at radius 3 is 3.00 bits per heavy atom. The smallest absolute Gasteiger partial charge is 0.183 e. The van der Waals surface area contributed by atoms with Gasteiger partial charge >= 0.3 is 0 Å². The van der Waals surface area contributed by atoms with Crippen LogP contribution >= 0.6 is 22.7 Å². The summed E-state index contributed by atoms with van der Waals surface area (Å²) in [5.74, 6) is 0.798. The SMILES string of the molecule is CC(C)Nc1nc(-c2cnc(-c3ccco3)s2)cs1. The largest absolute Gasteiger partial charge is 0.462 e. The van der Waals surface area contributed by atoms with E-state index in [0.717, 1.165) is 26.5 Å². The number of furan rings is 1. The minimum atomic E-state index is 0.388. The summed E-state index contributed by atoms with van der Waals surface area (Å²) >= 11 is 3.20. The molecular weight excluding hydrogens is 278 g/mol. The summed E-state index contributed by atoms with van der Waals surface area (Å²) in [6.45, 7) is 4.20. The third-order valence-corrected chi connectivity index (χ3v) is 4.21. The van der Waals surface area contributed by atoms with Gasteiger partial charge in [0, 0.05) is 17.6 Å². The molecule has 6 heteroatoms. The fraction of sp³-hybridized carbons (Fsp3) is 0.231. The van der Waals surface area contributed by atoms with Crippen LogP contribution in [0.15, 0.2) is 34.4 Å². The monoisotopic (exact) mass is 291 g/mol. The molecule has 0 atom stereocenters. The Hall–Kier alpha value is -1.66. The first kappa shape index (κ1) is 12.4. The van der Waals surface area contributed by atoms with Crippen LogP contribution in [0.25, 0.3) is 21.3 Å². The topological polar surface area (TPSA) is 51.0 Å². The van der Waals surface area contributed by atoms with Gasteiger partial charge in [0.25, 0.3) is 0 Å². The van der Waals surface area contributed by atoms with Gasteiger partial charge in [-0.2, -0.15) is 0 Å². The van der Waals surface area contributed by atoms with Gasteiger partial charge in [-0.1, -0.05) is 0 Å². The summed E-state index contributed by atoms with van der Waals surface area (Å²) in [7, 11) is 0. The van der Waals surface area contributed by atoms with Crippen LogP contribution in [0.3, 0.4) is 0 Å². The fourth-order valence-corrected chi connectivity index (χ4v) is 3.38. The minimum absolute atomic E-state index is 0.388. The van der Waals surface area contributed by atoms with E-state index in [-0.39, 0.29) is 0 Å². The molecule has 3 rings (SSSR count). The molecule has 98 valence electrons. The van der Waals surface area contributed by atoms with Crippen molar-refractivity contribution in [1.29, 1.82) is 0 Å². The second-order valence-electron chi connectivity index (χ2n) is 4.34. The predicted molar refractivity (Wildman–Crippen MR) is 79.7 cm³/mol. The van der Waals surface area contributed by atoms with Gasteiger partial charge in [-0.3, -0.25) is 0 Å². The molecule has 3 heterocycles. The van der Waals surface area contributed by atoms with Crippen molar-refractivity contribution in [1.82, 2.24) is 9.97 Å². The van der Waals surface area contributed by atoms with Gasteiger partial charge in [0.15, 0.2) is 15.9 Å². The zero-order chi connectivity index (χ0) is 13.2. The number of aromatic nitrogens is 2. The summed E-state index contributed by atoms with van der Waals surface area (Å²) in [6.07, 6.45) is 3.50. The highest BCUT2D eigenvalue weighted by atomic mass is 32.1. The van der Waals surface area contributed by atoms with Crippen molar-refractivity contribution in [2.45, 2.75) is 19.9 Å². The van der Waals surface area contributed by atoms with Crippen LogP contribution in [0.1, 0.15) is 13.8 Å². The number of anilines is 1. The molecule has 0 aliphatic heterocycles. The lowest BCUT2D eigenvalue weighted by molar-refractivity contribution is 0.582. The van der Waals surface area contributed by atoms with Crippen molar-refractivity contribution in [3.05, 3.63) is 30.0 Å². The molecule has 3 aromatic heterocycles. The lowest BCUT2D eigenvalue weighted by atomic mass is 10.4. The van der Waals surface area contributed by atoms with Crippen molar-refractivity contribution >= 4 is 27.8 Å². The van der Waals surface area contributed by atoms with Gasteiger partial charge < -0.3 is 9.73 Å². The Labute approximate surface area is 119 Å². The molecule has 0 saturated heterocycles. The van der Waals surface area contributed by atoms with Crippen molar-refractivity contribution in [2.75, 3.05) is 5.32 Å². The van der Waals surface area contributed by atoms with E-state index in [1.807, 2.05) is 23.7 Å². The minimum Gasteiger partial charge on any atom is -0.462 e. The first-order chi connectivity index (χ1) is 9.22. The number of thiazole rings is 2. The molecule has 1 N–H and O–H groups in total. The van der Waals surface area contributed by atoms with Gasteiger partial charge in [0.2, 0.25) is 0 Å². The maximum Gasteiger partial charge on any atom is 0.183 e. The Bertz CT molecular complexity index is 655. The van der Waals surface area contributed by atoms with Crippen LogP contribution in [-0.2, 0) is 0 Å².